The maximum Gasteiger partial charge on any atom is 0.278 e. The van der Waals surface area contributed by atoms with Crippen LogP contribution in [-0.2, 0) is 4.79 Å². The maximum absolute atomic E-state index is 14.1. The van der Waals surface area contributed by atoms with E-state index in [1.165, 1.54) is 38.3 Å². The van der Waals surface area contributed by atoms with Gasteiger partial charge < -0.3 is 5.32 Å². The number of hydrogen-bond donors (Lipinski definition) is 1. The Morgan fingerprint density at radius 2 is 1.86 bits per heavy atom. The Balaban J connectivity index is 1.58. The number of rotatable bonds is 4. The van der Waals surface area contributed by atoms with Gasteiger partial charge in [-0.3, -0.25) is 4.79 Å². The zero-order chi connectivity index (χ0) is 24.6. The number of terminal acetylenes is 1. The highest BCUT2D eigenvalue weighted by Gasteiger charge is 2.56. The van der Waals surface area contributed by atoms with Crippen molar-refractivity contribution in [3.05, 3.63) is 70.9 Å². The first-order valence-corrected chi connectivity index (χ1v) is 12.5. The molecule has 2 heterocycles. The number of carbonyl (C=O) groups is 1. The molecule has 1 saturated carbocycles. The maximum atomic E-state index is 14.1. The van der Waals surface area contributed by atoms with Crippen LogP contribution in [0, 0.1) is 31.1 Å². The zero-order valence-electron chi connectivity index (χ0n) is 20.7. The second-order valence-electron chi connectivity index (χ2n) is 10.0. The smallest absolute Gasteiger partial charge is 0.278 e. The van der Waals surface area contributed by atoms with Crippen LogP contribution in [0.15, 0.2) is 64.3 Å². The summed E-state index contributed by atoms with van der Waals surface area (Å²) in [6, 6.07) is 16.2. The summed E-state index contributed by atoms with van der Waals surface area (Å²) in [5.74, 6) is 2.99. The summed E-state index contributed by atoms with van der Waals surface area (Å²) in [5, 5.41) is 10.5. The van der Waals surface area contributed by atoms with Crippen LogP contribution in [0.3, 0.4) is 0 Å². The van der Waals surface area contributed by atoms with Gasteiger partial charge in [-0.05, 0) is 68.4 Å². The fraction of sp³-hybridized carbons (Fsp3) is 0.367. The Bertz CT molecular complexity index is 1280. The normalized spacial score (nSPS) is 24.9. The van der Waals surface area contributed by atoms with Crippen LogP contribution in [0.25, 0.3) is 5.57 Å². The molecule has 3 aliphatic rings. The van der Waals surface area contributed by atoms with E-state index in [1.807, 2.05) is 50.2 Å². The molecule has 2 unspecified atom stereocenters. The van der Waals surface area contributed by atoms with Gasteiger partial charge >= 0.3 is 0 Å². The molecule has 2 aliphatic heterocycles. The molecule has 2 aromatic carbocycles. The van der Waals surface area contributed by atoms with Crippen LogP contribution in [-0.4, -0.2) is 28.5 Å². The van der Waals surface area contributed by atoms with Gasteiger partial charge in [0.25, 0.3) is 5.91 Å². The van der Waals surface area contributed by atoms with E-state index >= 15 is 0 Å². The number of hydrogen-bond acceptors (Lipinski definition) is 4. The lowest BCUT2D eigenvalue weighted by Gasteiger charge is -2.46. The predicted molar refractivity (Wildman–Crippen MR) is 142 cm³/mol. The van der Waals surface area contributed by atoms with E-state index in [1.54, 1.807) is 5.01 Å². The summed E-state index contributed by atoms with van der Waals surface area (Å²) in [6.07, 6.45) is 12.9. The van der Waals surface area contributed by atoms with E-state index in [9.17, 15) is 4.79 Å². The first-order chi connectivity index (χ1) is 16.9. The fourth-order valence-electron chi connectivity index (χ4n) is 6.17. The fourth-order valence-corrected chi connectivity index (χ4v) is 6.17. The van der Waals surface area contributed by atoms with E-state index in [2.05, 4.69) is 35.3 Å². The van der Waals surface area contributed by atoms with Crippen LogP contribution in [0.1, 0.15) is 62.6 Å². The highest BCUT2D eigenvalue weighted by Crippen LogP contribution is 2.47. The minimum Gasteiger partial charge on any atom is -0.364 e. The Morgan fingerprint density at radius 1 is 1.11 bits per heavy atom. The molecule has 0 spiro atoms. The van der Waals surface area contributed by atoms with Crippen LogP contribution in [0.2, 0.25) is 0 Å². The zero-order valence-corrected chi connectivity index (χ0v) is 20.7. The van der Waals surface area contributed by atoms with Gasteiger partial charge in [-0.25, -0.2) is 10.0 Å². The molecule has 1 fully saturated rings. The average Bonchev–Trinajstić information content (AvgIpc) is 3.17. The number of nitrogens with one attached hydrogen (secondary N) is 1. The molecular weight excluding hydrogens is 432 g/mol. The molecule has 1 N–H and O–H groups in total. The summed E-state index contributed by atoms with van der Waals surface area (Å²) in [4.78, 5) is 18.4. The van der Waals surface area contributed by atoms with Crippen molar-refractivity contribution in [2.24, 2.45) is 21.9 Å². The van der Waals surface area contributed by atoms with Crippen LogP contribution in [0.5, 0.6) is 0 Å². The average molecular weight is 465 g/mol. The molecule has 0 bridgehead atoms. The standard InChI is InChI=1S/C30H32N4O/c1-5-18-31-25-17-16-24(19-20(25)2)26-21(3)32-30(4)27(22-12-8-6-9-13-22)28(33-34(30)29(26)35)23-14-10-7-11-15-23/h1,7,10-11,14-19,22,27,32H,6,8-9,12-13H2,2-4H3. The summed E-state index contributed by atoms with van der Waals surface area (Å²) in [7, 11) is 0. The number of carbonyl (C=O) groups excluding carboxylic acids is 1. The largest absolute Gasteiger partial charge is 0.364 e. The first kappa shape index (κ1) is 23.1. The Labute approximate surface area is 208 Å². The number of fused-ring (bicyclic) bond motifs is 1. The topological polar surface area (TPSA) is 57.1 Å². The summed E-state index contributed by atoms with van der Waals surface area (Å²) in [5.41, 5.74) is 5.68. The lowest BCUT2D eigenvalue weighted by molar-refractivity contribution is -0.133. The van der Waals surface area contributed by atoms with E-state index in [0.717, 1.165) is 33.8 Å². The number of aliphatic imine (C=N–C) groups is 1. The molecule has 178 valence electrons. The van der Waals surface area contributed by atoms with Crippen molar-refractivity contribution in [2.75, 3.05) is 0 Å². The van der Waals surface area contributed by atoms with Crippen molar-refractivity contribution in [1.82, 2.24) is 10.3 Å². The summed E-state index contributed by atoms with van der Waals surface area (Å²) < 4.78 is 0. The molecule has 0 aromatic heterocycles. The quantitative estimate of drug-likeness (QED) is 0.458. The number of allylic oxidation sites excluding steroid dienone is 1. The molecule has 5 nitrogen and oxygen atoms in total. The molecule has 0 radical (unpaired) electrons. The SMILES string of the molecule is C#CC=Nc1ccc(C2=C(C)NC3(C)C(C4CCCCC4)C(c4ccccc4)=NN3C2=O)cc1C. The molecule has 1 amide bonds. The number of benzene rings is 2. The van der Waals surface area contributed by atoms with Crippen molar-refractivity contribution < 1.29 is 4.79 Å². The molecule has 35 heavy (non-hydrogen) atoms. The Kier molecular flexibility index (Phi) is 6.06. The second kappa shape index (κ2) is 9.19. The van der Waals surface area contributed by atoms with Gasteiger partial charge in [0.15, 0.2) is 0 Å². The van der Waals surface area contributed by atoms with Gasteiger partial charge in [0.1, 0.15) is 5.66 Å². The van der Waals surface area contributed by atoms with E-state index < -0.39 is 5.66 Å². The second-order valence-corrected chi connectivity index (χ2v) is 10.0. The summed E-state index contributed by atoms with van der Waals surface area (Å²) in [6.45, 7) is 6.13. The predicted octanol–water partition coefficient (Wildman–Crippen LogP) is 5.82. The van der Waals surface area contributed by atoms with Crippen molar-refractivity contribution in [3.8, 4) is 12.3 Å². The lowest BCUT2D eigenvalue weighted by Crippen LogP contribution is -2.63. The van der Waals surface area contributed by atoms with Crippen molar-refractivity contribution in [3.63, 3.8) is 0 Å². The third-order valence-electron chi connectivity index (χ3n) is 7.72. The Morgan fingerprint density at radius 3 is 2.54 bits per heavy atom. The van der Waals surface area contributed by atoms with Crippen LogP contribution >= 0.6 is 0 Å². The number of aryl methyl sites for hydroxylation is 1. The molecular formula is C30H32N4O. The molecule has 5 heteroatoms. The van der Waals surface area contributed by atoms with Crippen molar-refractivity contribution >= 4 is 29.1 Å². The molecule has 5 rings (SSSR count). The minimum atomic E-state index is -0.593. The highest BCUT2D eigenvalue weighted by molar-refractivity contribution is 6.22. The lowest BCUT2D eigenvalue weighted by atomic mass is 9.70. The molecule has 2 atom stereocenters. The molecule has 2 aromatic rings. The Hall–Kier alpha value is -3.65. The number of amides is 1. The van der Waals surface area contributed by atoms with Gasteiger partial charge in [0, 0.05) is 11.6 Å². The molecule has 1 aliphatic carbocycles. The third kappa shape index (κ3) is 3.97. The van der Waals surface area contributed by atoms with Gasteiger partial charge in [-0.15, -0.1) is 6.42 Å². The van der Waals surface area contributed by atoms with Gasteiger partial charge in [0.2, 0.25) is 0 Å². The first-order valence-electron chi connectivity index (χ1n) is 12.5. The minimum absolute atomic E-state index is 0.0604. The monoisotopic (exact) mass is 464 g/mol. The van der Waals surface area contributed by atoms with Gasteiger partial charge in [0.05, 0.1) is 23.2 Å². The van der Waals surface area contributed by atoms with Gasteiger partial charge in [-0.1, -0.05) is 61.6 Å². The highest BCUT2D eigenvalue weighted by atomic mass is 16.2. The van der Waals surface area contributed by atoms with E-state index in [0.29, 0.717) is 11.5 Å². The van der Waals surface area contributed by atoms with Crippen LogP contribution < -0.4 is 5.32 Å². The van der Waals surface area contributed by atoms with Gasteiger partial charge in [-0.2, -0.15) is 5.10 Å². The number of hydrazone groups is 1. The van der Waals surface area contributed by atoms with E-state index in [-0.39, 0.29) is 11.8 Å². The van der Waals surface area contributed by atoms with E-state index in [4.69, 9.17) is 11.5 Å². The van der Waals surface area contributed by atoms with Crippen molar-refractivity contribution in [1.29, 1.82) is 0 Å². The number of nitrogens with zero attached hydrogens (tertiary/aromatic N) is 3. The molecule has 0 saturated heterocycles. The van der Waals surface area contributed by atoms with Crippen LogP contribution in [0.4, 0.5) is 5.69 Å². The third-order valence-corrected chi connectivity index (χ3v) is 7.72. The summed E-state index contributed by atoms with van der Waals surface area (Å²) >= 11 is 0. The van der Waals surface area contributed by atoms with Crippen molar-refractivity contribution in [2.45, 2.75) is 58.5 Å².